The fourth-order valence-electron chi connectivity index (χ4n) is 2.58. The summed E-state index contributed by atoms with van der Waals surface area (Å²) >= 11 is 3.51. The Balaban J connectivity index is 1.97. The van der Waals surface area contributed by atoms with Crippen LogP contribution in [0.4, 0.5) is 0 Å². The predicted octanol–water partition coefficient (Wildman–Crippen LogP) is 4.37. The maximum atomic E-state index is 12.0. The van der Waals surface area contributed by atoms with E-state index in [1.54, 1.807) is 0 Å². The molecular weight excluding hydrogens is 290 g/mol. The zero-order valence-electron chi connectivity index (χ0n) is 11.8. The summed E-state index contributed by atoms with van der Waals surface area (Å²) in [5.74, 6) is 1.06. The van der Waals surface area contributed by atoms with Crippen LogP contribution in [0.25, 0.3) is 0 Å². The molecule has 0 aliphatic carbocycles. The minimum absolute atomic E-state index is 0.381. The van der Waals surface area contributed by atoms with Gasteiger partial charge >= 0.3 is 0 Å². The molecule has 0 N–H and O–H groups in total. The molecule has 106 valence electrons. The number of amides is 1. The molecule has 0 aromatic heterocycles. The van der Waals surface area contributed by atoms with E-state index < -0.39 is 0 Å². The molecule has 3 heteroatoms. The molecule has 1 aliphatic rings. The Morgan fingerprint density at radius 2 is 1.83 bits per heavy atom. The van der Waals surface area contributed by atoms with Gasteiger partial charge in [0, 0.05) is 24.8 Å². The molecule has 2 nitrogen and oxygen atoms in total. The summed E-state index contributed by atoms with van der Waals surface area (Å²) < 4.78 is 0. The number of halogens is 1. The normalized spacial score (nSPS) is 19.4. The number of hydrogen-bond donors (Lipinski definition) is 0. The molecule has 0 aromatic rings. The Kier molecular flexibility index (Phi) is 8.74. The van der Waals surface area contributed by atoms with Crippen LogP contribution < -0.4 is 0 Å². The molecule has 0 aromatic carbocycles. The molecular formula is C15H28BrNO. The van der Waals surface area contributed by atoms with Crippen molar-refractivity contribution in [3.8, 4) is 0 Å². The van der Waals surface area contributed by atoms with Gasteiger partial charge < -0.3 is 4.90 Å². The molecule has 1 unspecified atom stereocenters. The van der Waals surface area contributed by atoms with Gasteiger partial charge in [0.2, 0.25) is 5.91 Å². The third-order valence-electron chi connectivity index (χ3n) is 3.85. The number of unbranched alkanes of at least 4 members (excludes halogenated alkanes) is 6. The second-order valence-electron chi connectivity index (χ2n) is 5.52. The van der Waals surface area contributed by atoms with Crippen LogP contribution in [0.15, 0.2) is 0 Å². The molecule has 0 bridgehead atoms. The van der Waals surface area contributed by atoms with Gasteiger partial charge in [-0.25, -0.2) is 0 Å². The van der Waals surface area contributed by atoms with Crippen molar-refractivity contribution in [2.75, 3.05) is 18.4 Å². The summed E-state index contributed by atoms with van der Waals surface area (Å²) in [6.07, 6.45) is 10.9. The minimum atomic E-state index is 0.381. The van der Waals surface area contributed by atoms with Crippen molar-refractivity contribution in [3.63, 3.8) is 0 Å². The summed E-state index contributed by atoms with van der Waals surface area (Å²) in [7, 11) is 0. The van der Waals surface area contributed by atoms with E-state index in [-0.39, 0.29) is 0 Å². The van der Waals surface area contributed by atoms with Gasteiger partial charge in [-0.1, -0.05) is 61.4 Å². The monoisotopic (exact) mass is 317 g/mol. The zero-order chi connectivity index (χ0) is 13.2. The van der Waals surface area contributed by atoms with E-state index in [1.165, 1.54) is 44.9 Å². The number of carbonyl (C=O) groups is 1. The van der Waals surface area contributed by atoms with Crippen molar-refractivity contribution < 1.29 is 4.79 Å². The van der Waals surface area contributed by atoms with Gasteiger partial charge in [0.25, 0.3) is 0 Å². The van der Waals surface area contributed by atoms with E-state index in [4.69, 9.17) is 0 Å². The molecule has 1 aliphatic heterocycles. The van der Waals surface area contributed by atoms with Crippen molar-refractivity contribution in [3.05, 3.63) is 0 Å². The van der Waals surface area contributed by atoms with Crippen LogP contribution in [0, 0.1) is 5.92 Å². The highest BCUT2D eigenvalue weighted by atomic mass is 79.9. The number of hydrogen-bond acceptors (Lipinski definition) is 1. The zero-order valence-corrected chi connectivity index (χ0v) is 13.4. The molecule has 18 heavy (non-hydrogen) atoms. The largest absolute Gasteiger partial charge is 0.342 e. The highest BCUT2D eigenvalue weighted by Gasteiger charge is 2.24. The molecule has 0 saturated carbocycles. The van der Waals surface area contributed by atoms with Crippen molar-refractivity contribution >= 4 is 21.8 Å². The van der Waals surface area contributed by atoms with Gasteiger partial charge in [0.15, 0.2) is 0 Å². The van der Waals surface area contributed by atoms with E-state index in [0.29, 0.717) is 11.8 Å². The number of rotatable bonds is 9. The van der Waals surface area contributed by atoms with Gasteiger partial charge in [-0.3, -0.25) is 4.79 Å². The topological polar surface area (TPSA) is 20.3 Å². The van der Waals surface area contributed by atoms with E-state index in [9.17, 15) is 4.79 Å². The maximum absolute atomic E-state index is 12.0. The van der Waals surface area contributed by atoms with Crippen molar-refractivity contribution in [2.45, 2.75) is 64.7 Å². The predicted molar refractivity (Wildman–Crippen MR) is 81.1 cm³/mol. The molecule has 1 amide bonds. The van der Waals surface area contributed by atoms with Crippen molar-refractivity contribution in [2.24, 2.45) is 5.92 Å². The summed E-state index contributed by atoms with van der Waals surface area (Å²) in [5, 5.41) is 1.04. The third kappa shape index (κ3) is 6.21. The summed E-state index contributed by atoms with van der Waals surface area (Å²) in [5.41, 5.74) is 0. The lowest BCUT2D eigenvalue weighted by atomic mass is 10.1. The fraction of sp³-hybridized carbons (Fsp3) is 0.933. The minimum Gasteiger partial charge on any atom is -0.342 e. The number of alkyl halides is 1. The van der Waals surface area contributed by atoms with Gasteiger partial charge in [0.1, 0.15) is 0 Å². The molecule has 0 spiro atoms. The Bertz CT molecular complexity index is 233. The Hall–Kier alpha value is -0.0500. The van der Waals surface area contributed by atoms with Crippen LogP contribution in [-0.4, -0.2) is 29.2 Å². The summed E-state index contributed by atoms with van der Waals surface area (Å²) in [6, 6.07) is 0. The van der Waals surface area contributed by atoms with Crippen LogP contribution in [0.1, 0.15) is 64.7 Å². The van der Waals surface area contributed by atoms with Crippen LogP contribution in [0.2, 0.25) is 0 Å². The lowest BCUT2D eigenvalue weighted by molar-refractivity contribution is -0.130. The van der Waals surface area contributed by atoms with E-state index >= 15 is 0 Å². The third-order valence-corrected chi connectivity index (χ3v) is 4.77. The smallest absolute Gasteiger partial charge is 0.222 e. The molecule has 1 rings (SSSR count). The van der Waals surface area contributed by atoms with Crippen molar-refractivity contribution in [1.82, 2.24) is 4.90 Å². The molecule has 1 atom stereocenters. The first-order chi connectivity index (χ1) is 8.77. The maximum Gasteiger partial charge on any atom is 0.222 e. The van der Waals surface area contributed by atoms with Gasteiger partial charge in [-0.15, -0.1) is 0 Å². The number of nitrogens with zero attached hydrogens (tertiary/aromatic N) is 1. The van der Waals surface area contributed by atoms with E-state index in [1.807, 2.05) is 0 Å². The Labute approximate surface area is 121 Å². The highest BCUT2D eigenvalue weighted by molar-refractivity contribution is 9.09. The van der Waals surface area contributed by atoms with Gasteiger partial charge in [0.05, 0.1) is 0 Å². The van der Waals surface area contributed by atoms with Crippen molar-refractivity contribution in [1.29, 1.82) is 0 Å². The fourth-order valence-corrected chi connectivity index (χ4v) is 3.11. The van der Waals surface area contributed by atoms with Crippen LogP contribution in [-0.2, 0) is 4.79 Å². The lowest BCUT2D eigenvalue weighted by Gasteiger charge is -2.15. The first kappa shape index (κ1) is 16.0. The summed E-state index contributed by atoms with van der Waals surface area (Å²) in [4.78, 5) is 14.0. The van der Waals surface area contributed by atoms with Crippen LogP contribution >= 0.6 is 15.9 Å². The van der Waals surface area contributed by atoms with Gasteiger partial charge in [-0.05, 0) is 18.8 Å². The second-order valence-corrected chi connectivity index (χ2v) is 6.17. The van der Waals surface area contributed by atoms with E-state index in [0.717, 1.165) is 31.3 Å². The SMILES string of the molecule is CCCCCCCCCC(=O)N1CCC(CBr)C1. The van der Waals surface area contributed by atoms with Gasteiger partial charge in [-0.2, -0.15) is 0 Å². The number of likely N-dealkylation sites (tertiary alicyclic amines) is 1. The molecule has 0 radical (unpaired) electrons. The van der Waals surface area contributed by atoms with E-state index in [2.05, 4.69) is 27.8 Å². The Morgan fingerprint density at radius 3 is 2.44 bits per heavy atom. The standard InChI is InChI=1S/C15H28BrNO/c1-2-3-4-5-6-7-8-9-15(18)17-11-10-14(12-16)13-17/h14H,2-13H2,1H3. The Morgan fingerprint density at radius 1 is 1.17 bits per heavy atom. The van der Waals surface area contributed by atoms with Crippen LogP contribution in [0.5, 0.6) is 0 Å². The van der Waals surface area contributed by atoms with Crippen LogP contribution in [0.3, 0.4) is 0 Å². The number of carbonyl (C=O) groups excluding carboxylic acids is 1. The first-order valence-electron chi connectivity index (χ1n) is 7.61. The second kappa shape index (κ2) is 9.82. The molecule has 1 fully saturated rings. The summed E-state index contributed by atoms with van der Waals surface area (Å²) in [6.45, 7) is 4.20. The lowest BCUT2D eigenvalue weighted by Crippen LogP contribution is -2.28. The first-order valence-corrected chi connectivity index (χ1v) is 8.73. The average Bonchev–Trinajstić information content (AvgIpc) is 2.86. The molecule has 1 saturated heterocycles. The highest BCUT2D eigenvalue weighted by Crippen LogP contribution is 2.19. The average molecular weight is 318 g/mol. The molecule has 1 heterocycles. The quantitative estimate of drug-likeness (QED) is 0.456.